The molecule has 0 amide bonds. The predicted molar refractivity (Wildman–Crippen MR) is 54.7 cm³/mol. The highest BCUT2D eigenvalue weighted by molar-refractivity contribution is 5.44. The summed E-state index contributed by atoms with van der Waals surface area (Å²) in [5.74, 6) is -0.635. The molecule has 3 nitrogen and oxygen atoms in total. The van der Waals surface area contributed by atoms with E-state index in [4.69, 9.17) is 9.84 Å². The van der Waals surface area contributed by atoms with Gasteiger partial charge in [-0.1, -0.05) is 13.8 Å². The van der Waals surface area contributed by atoms with Crippen LogP contribution in [0.2, 0.25) is 0 Å². The van der Waals surface area contributed by atoms with Crippen molar-refractivity contribution in [2.75, 3.05) is 13.7 Å². The highest BCUT2D eigenvalue weighted by Gasteiger charge is 2.25. The SMILES string of the molecule is COc1cc(O)c(C(C)(C)CO)cc1F. The van der Waals surface area contributed by atoms with Crippen LogP contribution in [0.5, 0.6) is 11.5 Å². The van der Waals surface area contributed by atoms with Gasteiger partial charge in [0.1, 0.15) is 5.75 Å². The van der Waals surface area contributed by atoms with Gasteiger partial charge in [0.15, 0.2) is 11.6 Å². The molecule has 0 spiro atoms. The Morgan fingerprint density at radius 3 is 2.47 bits per heavy atom. The van der Waals surface area contributed by atoms with Crippen molar-refractivity contribution >= 4 is 0 Å². The fourth-order valence-electron chi connectivity index (χ4n) is 1.33. The van der Waals surface area contributed by atoms with E-state index in [1.807, 2.05) is 0 Å². The summed E-state index contributed by atoms with van der Waals surface area (Å²) in [6, 6.07) is 2.40. The number of rotatable bonds is 3. The number of ether oxygens (including phenoxy) is 1. The van der Waals surface area contributed by atoms with Crippen LogP contribution in [0, 0.1) is 5.82 Å². The molecule has 0 radical (unpaired) electrons. The van der Waals surface area contributed by atoms with E-state index in [9.17, 15) is 9.50 Å². The molecule has 84 valence electrons. The van der Waals surface area contributed by atoms with Gasteiger partial charge in [0.25, 0.3) is 0 Å². The van der Waals surface area contributed by atoms with Crippen molar-refractivity contribution in [1.82, 2.24) is 0 Å². The topological polar surface area (TPSA) is 49.7 Å². The number of aliphatic hydroxyl groups is 1. The summed E-state index contributed by atoms with van der Waals surface area (Å²) in [5, 5.41) is 18.8. The van der Waals surface area contributed by atoms with E-state index in [1.54, 1.807) is 13.8 Å². The Morgan fingerprint density at radius 2 is 2.00 bits per heavy atom. The van der Waals surface area contributed by atoms with Crippen molar-refractivity contribution < 1.29 is 19.3 Å². The van der Waals surface area contributed by atoms with Crippen LogP contribution in [0.15, 0.2) is 12.1 Å². The molecule has 0 unspecified atom stereocenters. The molecule has 0 atom stereocenters. The molecule has 4 heteroatoms. The molecule has 1 aromatic carbocycles. The van der Waals surface area contributed by atoms with Crippen LogP contribution in [-0.4, -0.2) is 23.9 Å². The molecular weight excluding hydrogens is 199 g/mol. The first kappa shape index (κ1) is 11.8. The number of methoxy groups -OCH3 is 1. The average molecular weight is 214 g/mol. The lowest BCUT2D eigenvalue weighted by Gasteiger charge is -2.23. The van der Waals surface area contributed by atoms with E-state index < -0.39 is 11.2 Å². The van der Waals surface area contributed by atoms with Crippen LogP contribution < -0.4 is 4.74 Å². The second-order valence-electron chi connectivity index (χ2n) is 4.05. The Kier molecular flexibility index (Phi) is 3.19. The molecule has 0 aliphatic heterocycles. The highest BCUT2D eigenvalue weighted by Crippen LogP contribution is 2.35. The number of halogens is 1. The van der Waals surface area contributed by atoms with Crippen LogP contribution >= 0.6 is 0 Å². The lowest BCUT2D eigenvalue weighted by molar-refractivity contribution is 0.214. The number of hydrogen-bond acceptors (Lipinski definition) is 3. The van der Waals surface area contributed by atoms with Crippen LogP contribution in [0.3, 0.4) is 0 Å². The zero-order chi connectivity index (χ0) is 11.6. The number of hydrogen-bond donors (Lipinski definition) is 2. The van der Waals surface area contributed by atoms with Gasteiger partial charge in [-0.25, -0.2) is 4.39 Å². The zero-order valence-electron chi connectivity index (χ0n) is 9.04. The van der Waals surface area contributed by atoms with Gasteiger partial charge in [-0.15, -0.1) is 0 Å². The monoisotopic (exact) mass is 214 g/mol. The maximum Gasteiger partial charge on any atom is 0.165 e. The Hall–Kier alpha value is -1.29. The predicted octanol–water partition coefficient (Wildman–Crippen LogP) is 1.81. The van der Waals surface area contributed by atoms with Gasteiger partial charge in [-0.3, -0.25) is 0 Å². The van der Waals surface area contributed by atoms with Crippen molar-refractivity contribution in [3.8, 4) is 11.5 Å². The van der Waals surface area contributed by atoms with Crippen molar-refractivity contribution in [2.45, 2.75) is 19.3 Å². The normalized spacial score (nSPS) is 11.5. The fourth-order valence-corrected chi connectivity index (χ4v) is 1.33. The molecule has 0 saturated carbocycles. The van der Waals surface area contributed by atoms with E-state index in [0.29, 0.717) is 5.56 Å². The fraction of sp³-hybridized carbons (Fsp3) is 0.455. The minimum absolute atomic E-state index is 0.00927. The van der Waals surface area contributed by atoms with Gasteiger partial charge in [-0.2, -0.15) is 0 Å². The van der Waals surface area contributed by atoms with E-state index in [2.05, 4.69) is 0 Å². The largest absolute Gasteiger partial charge is 0.508 e. The molecular formula is C11H15FO3. The maximum atomic E-state index is 13.4. The van der Waals surface area contributed by atoms with Crippen molar-refractivity contribution in [2.24, 2.45) is 0 Å². The van der Waals surface area contributed by atoms with Gasteiger partial charge in [0, 0.05) is 17.0 Å². The van der Waals surface area contributed by atoms with E-state index in [1.165, 1.54) is 19.2 Å². The molecule has 1 rings (SSSR count). The third-order valence-electron chi connectivity index (χ3n) is 2.39. The summed E-state index contributed by atoms with van der Waals surface area (Å²) >= 11 is 0. The van der Waals surface area contributed by atoms with Gasteiger partial charge in [0.05, 0.1) is 13.7 Å². The summed E-state index contributed by atoms with van der Waals surface area (Å²) in [6.45, 7) is 3.26. The molecule has 0 aliphatic rings. The number of phenolic OH excluding ortho intramolecular Hbond substituents is 1. The summed E-state index contributed by atoms with van der Waals surface area (Å²) in [6.07, 6.45) is 0. The van der Waals surface area contributed by atoms with Crippen LogP contribution in [-0.2, 0) is 5.41 Å². The molecule has 2 N–H and O–H groups in total. The number of aliphatic hydroxyl groups excluding tert-OH is 1. The van der Waals surface area contributed by atoms with Gasteiger partial charge >= 0.3 is 0 Å². The quantitative estimate of drug-likeness (QED) is 0.806. The standard InChI is InChI=1S/C11H15FO3/c1-11(2,6-13)7-4-8(12)10(15-3)5-9(7)14/h4-5,13-14H,6H2,1-3H3. The van der Waals surface area contributed by atoms with Gasteiger partial charge in [0.2, 0.25) is 0 Å². The van der Waals surface area contributed by atoms with Crippen LogP contribution in [0.1, 0.15) is 19.4 Å². The van der Waals surface area contributed by atoms with Crippen LogP contribution in [0.25, 0.3) is 0 Å². The summed E-state index contributed by atoms with van der Waals surface area (Å²) in [7, 11) is 1.33. The third-order valence-corrected chi connectivity index (χ3v) is 2.39. The lowest BCUT2D eigenvalue weighted by atomic mass is 9.85. The molecule has 0 bridgehead atoms. The first-order valence-corrected chi connectivity index (χ1v) is 4.60. The first-order chi connectivity index (χ1) is 6.92. The van der Waals surface area contributed by atoms with Crippen molar-refractivity contribution in [3.63, 3.8) is 0 Å². The molecule has 0 aliphatic carbocycles. The second kappa shape index (κ2) is 4.06. The Morgan fingerprint density at radius 1 is 1.40 bits per heavy atom. The Balaban J connectivity index is 3.28. The number of benzene rings is 1. The van der Waals surface area contributed by atoms with Gasteiger partial charge < -0.3 is 14.9 Å². The molecule has 15 heavy (non-hydrogen) atoms. The Bertz CT molecular complexity index is 361. The number of phenols is 1. The van der Waals surface area contributed by atoms with Crippen LogP contribution in [0.4, 0.5) is 4.39 Å². The zero-order valence-corrected chi connectivity index (χ0v) is 9.04. The molecule has 0 fully saturated rings. The highest BCUT2D eigenvalue weighted by atomic mass is 19.1. The third kappa shape index (κ3) is 2.21. The average Bonchev–Trinajstić information content (AvgIpc) is 2.20. The molecule has 1 aromatic rings. The summed E-state index contributed by atoms with van der Waals surface area (Å²) in [5.41, 5.74) is -0.319. The van der Waals surface area contributed by atoms with Crippen molar-refractivity contribution in [3.05, 3.63) is 23.5 Å². The molecule has 0 saturated heterocycles. The molecule has 0 heterocycles. The lowest BCUT2D eigenvalue weighted by Crippen LogP contribution is -2.22. The Labute approximate surface area is 88.1 Å². The minimum Gasteiger partial charge on any atom is -0.508 e. The van der Waals surface area contributed by atoms with E-state index in [-0.39, 0.29) is 18.1 Å². The van der Waals surface area contributed by atoms with Gasteiger partial charge in [-0.05, 0) is 6.07 Å². The second-order valence-corrected chi connectivity index (χ2v) is 4.05. The number of aromatic hydroxyl groups is 1. The van der Waals surface area contributed by atoms with Crippen molar-refractivity contribution in [1.29, 1.82) is 0 Å². The van der Waals surface area contributed by atoms with E-state index in [0.717, 1.165) is 0 Å². The summed E-state index contributed by atoms with van der Waals surface area (Å²) < 4.78 is 18.1. The maximum absolute atomic E-state index is 13.4. The smallest absolute Gasteiger partial charge is 0.165 e. The molecule has 0 aromatic heterocycles. The summed E-state index contributed by atoms with van der Waals surface area (Å²) in [4.78, 5) is 0. The first-order valence-electron chi connectivity index (χ1n) is 4.60. The van der Waals surface area contributed by atoms with E-state index >= 15 is 0 Å². The minimum atomic E-state index is -0.683.